The third kappa shape index (κ3) is 3.42. The fraction of sp³-hybridized carbons (Fsp3) is 0.714. The SMILES string of the molecule is CCCC(CC)NS(=O)(=O)c1cc(CN)n(C2CC2)c1. The summed E-state index contributed by atoms with van der Waals surface area (Å²) in [5.41, 5.74) is 6.61. The van der Waals surface area contributed by atoms with Crippen LogP contribution in [0.1, 0.15) is 57.7 Å². The van der Waals surface area contributed by atoms with Gasteiger partial charge in [0.05, 0.1) is 4.90 Å². The molecular weight excluding hydrogens is 274 g/mol. The van der Waals surface area contributed by atoms with Gasteiger partial charge >= 0.3 is 0 Å². The van der Waals surface area contributed by atoms with Gasteiger partial charge in [0.1, 0.15) is 0 Å². The summed E-state index contributed by atoms with van der Waals surface area (Å²) in [6, 6.07) is 2.16. The summed E-state index contributed by atoms with van der Waals surface area (Å²) < 4.78 is 29.7. The molecule has 0 amide bonds. The number of hydrogen-bond acceptors (Lipinski definition) is 3. The fourth-order valence-electron chi connectivity index (χ4n) is 2.48. The maximum absolute atomic E-state index is 12.4. The first-order chi connectivity index (χ1) is 9.51. The zero-order valence-corrected chi connectivity index (χ0v) is 13.1. The Hall–Kier alpha value is -0.850. The molecule has 1 saturated carbocycles. The average molecular weight is 299 g/mol. The predicted molar refractivity (Wildman–Crippen MR) is 79.9 cm³/mol. The zero-order valence-electron chi connectivity index (χ0n) is 12.3. The summed E-state index contributed by atoms with van der Waals surface area (Å²) in [7, 11) is -3.44. The first-order valence-corrected chi connectivity index (χ1v) is 8.93. The molecule has 2 rings (SSSR count). The Morgan fingerprint density at radius 3 is 2.65 bits per heavy atom. The largest absolute Gasteiger partial charge is 0.346 e. The van der Waals surface area contributed by atoms with Gasteiger partial charge in [0.25, 0.3) is 0 Å². The van der Waals surface area contributed by atoms with Crippen LogP contribution in [0.5, 0.6) is 0 Å². The molecule has 1 aromatic heterocycles. The quantitative estimate of drug-likeness (QED) is 0.772. The standard InChI is InChI=1S/C14H25N3O2S/c1-3-5-11(4-2)16-20(18,19)14-8-13(9-15)17(10-14)12-6-7-12/h8,10-12,16H,3-7,9,15H2,1-2H3. The van der Waals surface area contributed by atoms with Crippen molar-refractivity contribution < 1.29 is 8.42 Å². The van der Waals surface area contributed by atoms with Gasteiger partial charge in [-0.05, 0) is 31.7 Å². The molecular formula is C14H25N3O2S. The number of hydrogen-bond donors (Lipinski definition) is 2. The second-order valence-electron chi connectivity index (χ2n) is 5.52. The summed E-state index contributed by atoms with van der Waals surface area (Å²) in [4.78, 5) is 0.347. The number of sulfonamides is 1. The molecule has 114 valence electrons. The summed E-state index contributed by atoms with van der Waals surface area (Å²) in [6.07, 6.45) is 6.60. The summed E-state index contributed by atoms with van der Waals surface area (Å²) in [5.74, 6) is 0. The van der Waals surface area contributed by atoms with E-state index >= 15 is 0 Å². The third-order valence-electron chi connectivity index (χ3n) is 3.82. The van der Waals surface area contributed by atoms with Crippen molar-refractivity contribution in [2.24, 2.45) is 5.73 Å². The van der Waals surface area contributed by atoms with Crippen molar-refractivity contribution >= 4 is 10.0 Å². The molecule has 1 fully saturated rings. The van der Waals surface area contributed by atoms with Gasteiger partial charge in [0, 0.05) is 30.5 Å². The Kier molecular flexibility index (Phi) is 4.88. The zero-order chi connectivity index (χ0) is 14.8. The van der Waals surface area contributed by atoms with Crippen LogP contribution in [0, 0.1) is 0 Å². The van der Waals surface area contributed by atoms with Gasteiger partial charge in [-0.1, -0.05) is 20.3 Å². The molecule has 0 aromatic carbocycles. The van der Waals surface area contributed by atoms with Crippen molar-refractivity contribution in [1.29, 1.82) is 0 Å². The summed E-state index contributed by atoms with van der Waals surface area (Å²) in [5, 5.41) is 0. The summed E-state index contributed by atoms with van der Waals surface area (Å²) >= 11 is 0. The van der Waals surface area contributed by atoms with E-state index in [1.54, 1.807) is 12.3 Å². The van der Waals surface area contributed by atoms with Crippen LogP contribution in [0.15, 0.2) is 17.2 Å². The maximum Gasteiger partial charge on any atom is 0.242 e. The van der Waals surface area contributed by atoms with E-state index in [0.717, 1.165) is 37.8 Å². The van der Waals surface area contributed by atoms with E-state index in [2.05, 4.69) is 11.6 Å². The monoisotopic (exact) mass is 299 g/mol. The lowest BCUT2D eigenvalue weighted by Crippen LogP contribution is -2.34. The van der Waals surface area contributed by atoms with Crippen LogP contribution >= 0.6 is 0 Å². The first-order valence-electron chi connectivity index (χ1n) is 7.45. The molecule has 1 heterocycles. The molecule has 1 atom stereocenters. The second-order valence-corrected chi connectivity index (χ2v) is 7.24. The highest BCUT2D eigenvalue weighted by Gasteiger charge is 2.28. The predicted octanol–water partition coefficient (Wildman–Crippen LogP) is 2.14. The number of nitrogens with zero attached hydrogens (tertiary/aromatic N) is 1. The van der Waals surface area contributed by atoms with E-state index < -0.39 is 10.0 Å². The van der Waals surface area contributed by atoms with E-state index in [1.807, 2.05) is 11.5 Å². The highest BCUT2D eigenvalue weighted by atomic mass is 32.2. The smallest absolute Gasteiger partial charge is 0.242 e. The highest BCUT2D eigenvalue weighted by Crippen LogP contribution is 2.37. The Morgan fingerprint density at radius 1 is 1.45 bits per heavy atom. The van der Waals surface area contributed by atoms with E-state index in [-0.39, 0.29) is 6.04 Å². The molecule has 0 bridgehead atoms. The average Bonchev–Trinajstić information content (AvgIpc) is 3.16. The van der Waals surface area contributed by atoms with Crippen molar-refractivity contribution in [3.05, 3.63) is 18.0 Å². The fourth-order valence-corrected chi connectivity index (χ4v) is 3.89. The van der Waals surface area contributed by atoms with Crippen LogP contribution in [-0.2, 0) is 16.6 Å². The molecule has 1 aliphatic rings. The molecule has 1 unspecified atom stereocenters. The van der Waals surface area contributed by atoms with Gasteiger partial charge in [-0.2, -0.15) is 0 Å². The molecule has 1 aliphatic carbocycles. The highest BCUT2D eigenvalue weighted by molar-refractivity contribution is 7.89. The van der Waals surface area contributed by atoms with Crippen LogP contribution in [0.4, 0.5) is 0 Å². The molecule has 0 saturated heterocycles. The molecule has 0 spiro atoms. The normalized spacial score (nSPS) is 17.4. The number of aromatic nitrogens is 1. The van der Waals surface area contributed by atoms with Crippen molar-refractivity contribution in [2.45, 2.75) is 69.5 Å². The molecule has 3 N–H and O–H groups in total. The summed E-state index contributed by atoms with van der Waals surface area (Å²) in [6.45, 7) is 4.44. The van der Waals surface area contributed by atoms with Gasteiger partial charge in [0.15, 0.2) is 0 Å². The van der Waals surface area contributed by atoms with E-state index in [0.29, 0.717) is 17.5 Å². The minimum Gasteiger partial charge on any atom is -0.346 e. The molecule has 5 nitrogen and oxygen atoms in total. The van der Waals surface area contributed by atoms with E-state index in [9.17, 15) is 8.42 Å². The molecule has 0 radical (unpaired) electrons. The Morgan fingerprint density at radius 2 is 2.15 bits per heavy atom. The van der Waals surface area contributed by atoms with E-state index in [1.165, 1.54) is 0 Å². The molecule has 1 aromatic rings. The first kappa shape index (κ1) is 15.5. The van der Waals surface area contributed by atoms with Crippen LogP contribution in [0.2, 0.25) is 0 Å². The van der Waals surface area contributed by atoms with Gasteiger partial charge in [-0.15, -0.1) is 0 Å². The maximum atomic E-state index is 12.4. The lowest BCUT2D eigenvalue weighted by molar-refractivity contribution is 0.512. The Balaban J connectivity index is 2.20. The van der Waals surface area contributed by atoms with Gasteiger partial charge in [-0.25, -0.2) is 13.1 Å². The van der Waals surface area contributed by atoms with E-state index in [4.69, 9.17) is 5.73 Å². The number of rotatable bonds is 8. The molecule has 20 heavy (non-hydrogen) atoms. The molecule has 0 aliphatic heterocycles. The lowest BCUT2D eigenvalue weighted by atomic mass is 10.1. The number of nitrogens with one attached hydrogen (secondary N) is 1. The molecule has 6 heteroatoms. The van der Waals surface area contributed by atoms with Crippen LogP contribution in [0.3, 0.4) is 0 Å². The van der Waals surface area contributed by atoms with Crippen LogP contribution in [-0.4, -0.2) is 19.0 Å². The number of nitrogens with two attached hydrogens (primary N) is 1. The van der Waals surface area contributed by atoms with Crippen molar-refractivity contribution in [2.75, 3.05) is 0 Å². The lowest BCUT2D eigenvalue weighted by Gasteiger charge is -2.15. The van der Waals surface area contributed by atoms with Crippen molar-refractivity contribution in [3.63, 3.8) is 0 Å². The van der Waals surface area contributed by atoms with Gasteiger partial charge in [0.2, 0.25) is 10.0 Å². The second kappa shape index (κ2) is 6.28. The topological polar surface area (TPSA) is 77.1 Å². The van der Waals surface area contributed by atoms with Crippen molar-refractivity contribution in [1.82, 2.24) is 9.29 Å². The van der Waals surface area contributed by atoms with Crippen LogP contribution in [0.25, 0.3) is 0 Å². The Labute approximate surface area is 121 Å². The van der Waals surface area contributed by atoms with Crippen LogP contribution < -0.4 is 10.5 Å². The van der Waals surface area contributed by atoms with Crippen molar-refractivity contribution in [3.8, 4) is 0 Å². The third-order valence-corrected chi connectivity index (χ3v) is 5.31. The van der Waals surface area contributed by atoms with Gasteiger partial charge in [-0.3, -0.25) is 0 Å². The minimum absolute atomic E-state index is 0.00982. The Bertz CT molecular complexity index is 547. The minimum atomic E-state index is -3.44. The van der Waals surface area contributed by atoms with Gasteiger partial charge < -0.3 is 10.3 Å².